The molecule has 4 heterocycles. The van der Waals surface area contributed by atoms with Gasteiger partial charge in [0.15, 0.2) is 9.54 Å². The Morgan fingerprint density at radius 3 is 1.45 bits per heavy atom. The van der Waals surface area contributed by atoms with Crippen LogP contribution in [0.2, 0.25) is 0 Å². The highest BCUT2D eigenvalue weighted by atomic mass is 32.1. The van der Waals surface area contributed by atoms with Crippen molar-refractivity contribution in [3.05, 3.63) is 83.1 Å². The van der Waals surface area contributed by atoms with Crippen LogP contribution in [0.15, 0.2) is 73.6 Å². The van der Waals surface area contributed by atoms with E-state index in [4.69, 9.17) is 24.4 Å². The van der Waals surface area contributed by atoms with E-state index in [0.717, 1.165) is 47.1 Å². The number of imidazole rings is 2. The summed E-state index contributed by atoms with van der Waals surface area (Å²) in [6.45, 7) is 1.88. The number of unbranched alkanes of at least 4 members (excludes halogenated alkanes) is 4. The Labute approximate surface area is 192 Å². The maximum absolute atomic E-state index is 5.60. The molecule has 0 amide bonds. The maximum Gasteiger partial charge on any atom is 0.185 e. The third kappa shape index (κ3) is 5.26. The smallest absolute Gasteiger partial charge is 0.185 e. The minimum absolute atomic E-state index is 0.797. The fourth-order valence-electron chi connectivity index (χ4n) is 3.60. The van der Waals surface area contributed by atoms with Crippen molar-refractivity contribution in [2.45, 2.75) is 45.2 Å². The van der Waals surface area contributed by atoms with Crippen molar-refractivity contribution in [3.63, 3.8) is 0 Å². The quantitative estimate of drug-likeness (QED) is 0.227. The van der Waals surface area contributed by atoms with E-state index in [1.165, 1.54) is 19.3 Å². The van der Waals surface area contributed by atoms with E-state index >= 15 is 0 Å². The Bertz CT molecular complexity index is 1110. The van der Waals surface area contributed by atoms with Gasteiger partial charge in [-0.25, -0.2) is 9.97 Å². The Kier molecular flexibility index (Phi) is 7.22. The van der Waals surface area contributed by atoms with Crippen LogP contribution in [-0.2, 0) is 13.1 Å². The first-order valence-electron chi connectivity index (χ1n) is 10.6. The van der Waals surface area contributed by atoms with Crippen molar-refractivity contribution in [2.75, 3.05) is 0 Å². The predicted molar refractivity (Wildman–Crippen MR) is 128 cm³/mol. The predicted octanol–water partition coefficient (Wildman–Crippen LogP) is 5.77. The van der Waals surface area contributed by atoms with E-state index < -0.39 is 0 Å². The molecule has 4 aromatic heterocycles. The number of nitrogens with zero attached hydrogens (tertiary/aromatic N) is 6. The lowest BCUT2D eigenvalue weighted by molar-refractivity contribution is 0.529. The lowest BCUT2D eigenvalue weighted by Crippen LogP contribution is -2.02. The number of aryl methyl sites for hydroxylation is 2. The molecule has 0 bridgehead atoms. The topological polar surface area (TPSA) is 45.5 Å². The molecule has 0 saturated heterocycles. The Balaban J connectivity index is 1.18. The highest BCUT2D eigenvalue weighted by molar-refractivity contribution is 7.71. The molecular formula is C23H26N6S2. The minimum atomic E-state index is 0.797. The molecule has 0 atom stereocenters. The number of hydrogen-bond donors (Lipinski definition) is 0. The largest absolute Gasteiger partial charge is 0.323 e. The van der Waals surface area contributed by atoms with E-state index in [2.05, 4.69) is 19.1 Å². The molecule has 4 aromatic rings. The van der Waals surface area contributed by atoms with Crippen LogP contribution in [0.4, 0.5) is 0 Å². The zero-order valence-electron chi connectivity index (χ0n) is 17.4. The van der Waals surface area contributed by atoms with Crippen molar-refractivity contribution >= 4 is 24.4 Å². The van der Waals surface area contributed by atoms with Crippen LogP contribution in [0, 0.1) is 9.54 Å². The summed E-state index contributed by atoms with van der Waals surface area (Å²) >= 11 is 11.2. The highest BCUT2D eigenvalue weighted by Gasteiger charge is 2.04. The van der Waals surface area contributed by atoms with Crippen LogP contribution in [0.3, 0.4) is 0 Å². The molecule has 0 aliphatic heterocycles. The van der Waals surface area contributed by atoms with Gasteiger partial charge in [-0.15, -0.1) is 0 Å². The zero-order valence-corrected chi connectivity index (χ0v) is 19.0. The summed E-state index contributed by atoms with van der Waals surface area (Å²) in [7, 11) is 0. The van der Waals surface area contributed by atoms with E-state index in [9.17, 15) is 0 Å². The molecule has 6 nitrogen and oxygen atoms in total. The fourth-order valence-corrected chi connectivity index (χ4v) is 4.22. The molecule has 0 aliphatic carbocycles. The van der Waals surface area contributed by atoms with E-state index in [1.807, 2.05) is 70.3 Å². The van der Waals surface area contributed by atoms with Crippen LogP contribution in [0.1, 0.15) is 32.1 Å². The minimum Gasteiger partial charge on any atom is -0.323 e. The van der Waals surface area contributed by atoms with Crippen molar-refractivity contribution in [2.24, 2.45) is 0 Å². The molecule has 0 N–H and O–H groups in total. The van der Waals surface area contributed by atoms with Gasteiger partial charge in [-0.05, 0) is 61.5 Å². The maximum atomic E-state index is 5.60. The van der Waals surface area contributed by atoms with E-state index in [-0.39, 0.29) is 0 Å². The van der Waals surface area contributed by atoms with Crippen LogP contribution < -0.4 is 0 Å². The van der Waals surface area contributed by atoms with Crippen molar-refractivity contribution in [1.82, 2.24) is 28.2 Å². The molecule has 0 saturated carbocycles. The molecule has 0 aliphatic rings. The van der Waals surface area contributed by atoms with Crippen molar-refractivity contribution in [3.8, 4) is 11.6 Å². The van der Waals surface area contributed by atoms with E-state index in [0.29, 0.717) is 0 Å². The Hall–Kier alpha value is -2.84. The van der Waals surface area contributed by atoms with Gasteiger partial charge in [-0.1, -0.05) is 31.4 Å². The normalized spacial score (nSPS) is 11.1. The third-order valence-electron chi connectivity index (χ3n) is 5.29. The summed E-state index contributed by atoms with van der Waals surface area (Å²) < 4.78 is 9.76. The van der Waals surface area contributed by atoms with Gasteiger partial charge in [0.05, 0.1) is 0 Å². The SMILES string of the molecule is S=c1n(CCCCCCCn2ccn(-c3ccccn3)c2=S)ccn1-c1ccccn1. The number of hydrogen-bond acceptors (Lipinski definition) is 4. The number of rotatable bonds is 10. The van der Waals surface area contributed by atoms with Crippen LogP contribution in [0.5, 0.6) is 0 Å². The monoisotopic (exact) mass is 450 g/mol. The van der Waals surface area contributed by atoms with Gasteiger partial charge in [0.2, 0.25) is 0 Å². The molecule has 0 radical (unpaired) electrons. The van der Waals surface area contributed by atoms with Crippen molar-refractivity contribution in [1.29, 1.82) is 0 Å². The number of pyridine rings is 2. The summed E-state index contributed by atoms with van der Waals surface area (Å²) in [5.41, 5.74) is 0. The summed E-state index contributed by atoms with van der Waals surface area (Å²) in [5.74, 6) is 1.73. The van der Waals surface area contributed by atoms with Crippen LogP contribution in [-0.4, -0.2) is 28.2 Å². The molecule has 4 rings (SSSR count). The lowest BCUT2D eigenvalue weighted by atomic mass is 10.1. The second-order valence-corrected chi connectivity index (χ2v) is 8.16. The molecule has 0 aromatic carbocycles. The summed E-state index contributed by atoms with van der Waals surface area (Å²) in [5, 5.41) is 0. The number of aromatic nitrogens is 6. The molecule has 31 heavy (non-hydrogen) atoms. The van der Waals surface area contributed by atoms with Crippen LogP contribution in [0.25, 0.3) is 11.6 Å². The summed E-state index contributed by atoms with van der Waals surface area (Å²) in [6.07, 6.45) is 17.5. The Morgan fingerprint density at radius 2 is 1.03 bits per heavy atom. The average molecular weight is 451 g/mol. The van der Waals surface area contributed by atoms with Gasteiger partial charge < -0.3 is 9.13 Å². The van der Waals surface area contributed by atoms with E-state index in [1.54, 1.807) is 12.4 Å². The third-order valence-corrected chi connectivity index (χ3v) is 6.15. The van der Waals surface area contributed by atoms with Gasteiger partial charge in [-0.3, -0.25) is 9.13 Å². The molecule has 0 unspecified atom stereocenters. The standard InChI is InChI=1S/C23H26N6S2/c30-22-26(16-18-28(22)20-10-4-6-12-24-20)14-8-2-1-3-9-15-27-17-19-29(23(27)31)21-11-5-7-13-25-21/h4-7,10-13,16-19H,1-3,8-9,14-15H2. The first-order chi connectivity index (χ1) is 15.2. The van der Waals surface area contributed by atoms with Crippen LogP contribution >= 0.6 is 24.4 Å². The van der Waals surface area contributed by atoms with Gasteiger partial charge in [-0.2, -0.15) is 0 Å². The first-order valence-corrected chi connectivity index (χ1v) is 11.4. The van der Waals surface area contributed by atoms with Gasteiger partial charge >= 0.3 is 0 Å². The van der Waals surface area contributed by atoms with Gasteiger partial charge in [0, 0.05) is 50.3 Å². The summed E-state index contributed by atoms with van der Waals surface area (Å²) in [4.78, 5) is 8.74. The van der Waals surface area contributed by atoms with Crippen molar-refractivity contribution < 1.29 is 0 Å². The average Bonchev–Trinajstić information content (AvgIpc) is 3.36. The van der Waals surface area contributed by atoms with Gasteiger partial charge in [0.1, 0.15) is 11.6 Å². The van der Waals surface area contributed by atoms with Gasteiger partial charge in [0.25, 0.3) is 0 Å². The fraction of sp³-hybridized carbons (Fsp3) is 0.304. The summed E-state index contributed by atoms with van der Waals surface area (Å²) in [6, 6.07) is 11.7. The second kappa shape index (κ2) is 10.5. The molecular weight excluding hydrogens is 424 g/mol. The zero-order chi connectivity index (χ0) is 21.5. The molecule has 0 spiro atoms. The molecule has 160 valence electrons. The second-order valence-electron chi connectivity index (χ2n) is 7.43. The first kappa shape index (κ1) is 21.4. The Morgan fingerprint density at radius 1 is 0.581 bits per heavy atom. The highest BCUT2D eigenvalue weighted by Crippen LogP contribution is 2.11. The lowest BCUT2D eigenvalue weighted by Gasteiger charge is -2.06. The molecule has 0 fully saturated rings. The molecule has 8 heteroatoms.